The van der Waals surface area contributed by atoms with Gasteiger partial charge in [-0.3, -0.25) is 14.4 Å². The van der Waals surface area contributed by atoms with Gasteiger partial charge in [0.25, 0.3) is 5.91 Å². The number of piperidine rings is 1. The molecule has 4 heterocycles. The largest absolute Gasteiger partial charge is 0.341 e. The first-order chi connectivity index (χ1) is 12.0. The number of amides is 3. The monoisotopic (exact) mass is 341 g/mol. The average Bonchev–Trinajstić information content (AvgIpc) is 2.76. The van der Waals surface area contributed by atoms with E-state index in [1.807, 2.05) is 41.1 Å². The summed E-state index contributed by atoms with van der Waals surface area (Å²) >= 11 is 0. The van der Waals surface area contributed by atoms with E-state index in [0.29, 0.717) is 32.6 Å². The van der Waals surface area contributed by atoms with Crippen LogP contribution in [-0.4, -0.2) is 65.1 Å². The topological polar surface area (TPSA) is 60.9 Å². The molecule has 132 valence electrons. The van der Waals surface area contributed by atoms with Gasteiger partial charge in [-0.2, -0.15) is 0 Å². The Bertz CT molecular complexity index is 732. The number of rotatable bonds is 3. The minimum Gasteiger partial charge on any atom is -0.341 e. The first kappa shape index (κ1) is 16.1. The van der Waals surface area contributed by atoms with Crippen LogP contribution in [0.3, 0.4) is 0 Å². The molecule has 2 atom stereocenters. The highest BCUT2D eigenvalue weighted by atomic mass is 16.2. The summed E-state index contributed by atoms with van der Waals surface area (Å²) in [5.74, 6) is 0.153. The summed E-state index contributed by atoms with van der Waals surface area (Å²) in [6.07, 6.45) is 2.16. The van der Waals surface area contributed by atoms with E-state index in [9.17, 15) is 14.4 Å². The van der Waals surface area contributed by atoms with Crippen molar-refractivity contribution in [3.8, 4) is 0 Å². The van der Waals surface area contributed by atoms with Gasteiger partial charge in [0.1, 0.15) is 0 Å². The van der Waals surface area contributed by atoms with Crippen molar-refractivity contribution in [2.45, 2.75) is 31.8 Å². The van der Waals surface area contributed by atoms with Gasteiger partial charge in [-0.05, 0) is 24.5 Å². The van der Waals surface area contributed by atoms with Crippen molar-refractivity contribution in [3.05, 3.63) is 35.4 Å². The number of likely N-dealkylation sites (N-methyl/N-ethyl adjacent to an activating group) is 1. The van der Waals surface area contributed by atoms with Crippen molar-refractivity contribution in [2.75, 3.05) is 26.7 Å². The first-order valence-electron chi connectivity index (χ1n) is 8.96. The van der Waals surface area contributed by atoms with Gasteiger partial charge in [0, 0.05) is 51.3 Å². The second-order valence-electron chi connectivity index (χ2n) is 7.31. The number of carbonyl (C=O) groups is 3. The summed E-state index contributed by atoms with van der Waals surface area (Å²) in [4.78, 5) is 42.7. The van der Waals surface area contributed by atoms with Crippen LogP contribution in [0.15, 0.2) is 24.3 Å². The van der Waals surface area contributed by atoms with Crippen LogP contribution in [0.1, 0.15) is 35.2 Å². The molecule has 5 rings (SSSR count). The standard InChI is InChI=1S/C19H23N3O3/c1-20-15-7-6-14(18(20)24)11-22(12-15)17(23)8-9-21-10-13-4-2-3-5-16(13)19(21)25/h2-5,14-15H,6-12H2,1H3. The number of carbonyl (C=O) groups excluding carboxylic acids is 3. The zero-order valence-corrected chi connectivity index (χ0v) is 14.5. The molecule has 3 fully saturated rings. The Hall–Kier alpha value is -2.37. The van der Waals surface area contributed by atoms with Gasteiger partial charge in [0.15, 0.2) is 0 Å². The van der Waals surface area contributed by atoms with Crippen molar-refractivity contribution >= 4 is 17.7 Å². The Balaban J connectivity index is 1.37. The lowest BCUT2D eigenvalue weighted by Crippen LogP contribution is -2.45. The van der Waals surface area contributed by atoms with Crippen LogP contribution in [0.4, 0.5) is 0 Å². The molecule has 6 nitrogen and oxygen atoms in total. The van der Waals surface area contributed by atoms with Gasteiger partial charge in [-0.25, -0.2) is 0 Å². The van der Waals surface area contributed by atoms with Crippen molar-refractivity contribution in [2.24, 2.45) is 5.92 Å². The molecule has 2 unspecified atom stereocenters. The third kappa shape index (κ3) is 2.79. The molecule has 0 saturated carbocycles. The van der Waals surface area contributed by atoms with E-state index in [1.54, 1.807) is 4.90 Å². The number of fused-ring (bicyclic) bond motifs is 5. The summed E-state index contributed by atoms with van der Waals surface area (Å²) in [5, 5.41) is 0. The predicted molar refractivity (Wildman–Crippen MR) is 91.7 cm³/mol. The van der Waals surface area contributed by atoms with Gasteiger partial charge in [-0.1, -0.05) is 18.2 Å². The van der Waals surface area contributed by atoms with Crippen LogP contribution in [0.5, 0.6) is 0 Å². The zero-order chi connectivity index (χ0) is 17.6. The van der Waals surface area contributed by atoms with Crippen LogP contribution in [0.25, 0.3) is 0 Å². The maximum atomic E-state index is 12.7. The SMILES string of the molecule is CN1C(=O)C2CCC1CN(C(=O)CCN1Cc3ccccc3C1=O)C2. The normalized spacial score (nSPS) is 25.4. The molecule has 0 spiro atoms. The highest BCUT2D eigenvalue weighted by molar-refractivity contribution is 5.98. The minimum absolute atomic E-state index is 0.00856. The van der Waals surface area contributed by atoms with Gasteiger partial charge < -0.3 is 14.7 Å². The van der Waals surface area contributed by atoms with E-state index in [0.717, 1.165) is 24.0 Å². The second-order valence-corrected chi connectivity index (χ2v) is 7.31. The van der Waals surface area contributed by atoms with E-state index >= 15 is 0 Å². The maximum absolute atomic E-state index is 12.7. The highest BCUT2D eigenvalue weighted by Gasteiger charge is 2.40. The van der Waals surface area contributed by atoms with Crippen LogP contribution in [0.2, 0.25) is 0 Å². The summed E-state index contributed by atoms with van der Waals surface area (Å²) in [7, 11) is 1.84. The first-order valence-corrected chi connectivity index (χ1v) is 8.96. The van der Waals surface area contributed by atoms with E-state index in [4.69, 9.17) is 0 Å². The molecule has 1 aromatic carbocycles. The Morgan fingerprint density at radius 1 is 1.16 bits per heavy atom. The Morgan fingerprint density at radius 3 is 2.76 bits per heavy atom. The van der Waals surface area contributed by atoms with E-state index in [2.05, 4.69) is 0 Å². The zero-order valence-electron chi connectivity index (χ0n) is 14.5. The second kappa shape index (κ2) is 6.17. The fourth-order valence-electron chi connectivity index (χ4n) is 4.24. The number of benzene rings is 1. The molecule has 6 heteroatoms. The summed E-state index contributed by atoms with van der Waals surface area (Å²) < 4.78 is 0. The van der Waals surface area contributed by atoms with Crippen LogP contribution < -0.4 is 0 Å². The van der Waals surface area contributed by atoms with Crippen LogP contribution >= 0.6 is 0 Å². The molecular weight excluding hydrogens is 318 g/mol. The lowest BCUT2D eigenvalue weighted by Gasteiger charge is -2.32. The average molecular weight is 341 g/mol. The molecule has 4 aliphatic rings. The third-order valence-corrected chi connectivity index (χ3v) is 5.81. The molecule has 3 saturated heterocycles. The number of hydrogen-bond acceptors (Lipinski definition) is 3. The fraction of sp³-hybridized carbons (Fsp3) is 0.526. The fourth-order valence-corrected chi connectivity index (χ4v) is 4.24. The van der Waals surface area contributed by atoms with Crippen molar-refractivity contribution in [3.63, 3.8) is 0 Å². The van der Waals surface area contributed by atoms with Crippen LogP contribution in [0, 0.1) is 5.92 Å². The van der Waals surface area contributed by atoms with Gasteiger partial charge in [0.05, 0.1) is 5.92 Å². The number of hydrogen-bond donors (Lipinski definition) is 0. The molecule has 2 bridgehead atoms. The maximum Gasteiger partial charge on any atom is 0.254 e. The Labute approximate surface area is 147 Å². The molecule has 1 aromatic rings. The Kier molecular flexibility index (Phi) is 3.98. The van der Waals surface area contributed by atoms with Crippen molar-refractivity contribution in [1.29, 1.82) is 0 Å². The molecule has 0 radical (unpaired) electrons. The smallest absolute Gasteiger partial charge is 0.254 e. The summed E-state index contributed by atoms with van der Waals surface area (Å²) in [6.45, 7) is 2.15. The van der Waals surface area contributed by atoms with Crippen molar-refractivity contribution in [1.82, 2.24) is 14.7 Å². The van der Waals surface area contributed by atoms with Crippen molar-refractivity contribution < 1.29 is 14.4 Å². The molecule has 0 aliphatic carbocycles. The quantitative estimate of drug-likeness (QED) is 0.827. The summed E-state index contributed by atoms with van der Waals surface area (Å²) in [6, 6.07) is 7.73. The molecule has 0 aromatic heterocycles. The lowest BCUT2D eigenvalue weighted by molar-refractivity contribution is -0.138. The molecule has 3 amide bonds. The number of nitrogens with zero attached hydrogens (tertiary/aromatic N) is 3. The van der Waals surface area contributed by atoms with E-state index in [1.165, 1.54) is 0 Å². The van der Waals surface area contributed by atoms with E-state index < -0.39 is 0 Å². The van der Waals surface area contributed by atoms with Crippen LogP contribution in [-0.2, 0) is 16.1 Å². The third-order valence-electron chi connectivity index (χ3n) is 5.81. The van der Waals surface area contributed by atoms with Gasteiger partial charge in [-0.15, -0.1) is 0 Å². The molecule has 4 aliphatic heterocycles. The van der Waals surface area contributed by atoms with E-state index in [-0.39, 0.29) is 29.7 Å². The molecule has 0 N–H and O–H groups in total. The highest BCUT2D eigenvalue weighted by Crippen LogP contribution is 2.28. The lowest BCUT2D eigenvalue weighted by atomic mass is 9.95. The summed E-state index contributed by atoms with van der Waals surface area (Å²) in [5.41, 5.74) is 1.77. The molecule has 25 heavy (non-hydrogen) atoms. The molecular formula is C19H23N3O3. The van der Waals surface area contributed by atoms with Gasteiger partial charge >= 0.3 is 0 Å². The van der Waals surface area contributed by atoms with Gasteiger partial charge in [0.2, 0.25) is 11.8 Å². The minimum atomic E-state index is -0.0645. The Morgan fingerprint density at radius 2 is 1.96 bits per heavy atom. The predicted octanol–water partition coefficient (Wildman–Crippen LogP) is 1.11.